The normalized spacial score (nSPS) is 11.1. The summed E-state index contributed by atoms with van der Waals surface area (Å²) < 4.78 is 31.4. The van der Waals surface area contributed by atoms with Gasteiger partial charge in [0, 0.05) is 18.8 Å². The summed E-state index contributed by atoms with van der Waals surface area (Å²) in [7, 11) is -3.62. The molecule has 0 aliphatic carbocycles. The van der Waals surface area contributed by atoms with Gasteiger partial charge in [0.15, 0.2) is 0 Å². The van der Waals surface area contributed by atoms with Gasteiger partial charge in [-0.3, -0.25) is 4.79 Å². The second-order valence-corrected chi connectivity index (χ2v) is 6.39. The van der Waals surface area contributed by atoms with Crippen molar-refractivity contribution in [2.45, 2.75) is 24.8 Å². The van der Waals surface area contributed by atoms with E-state index in [2.05, 4.69) is 10.0 Å². The molecular weight excluding hydrogens is 330 g/mol. The van der Waals surface area contributed by atoms with Gasteiger partial charge in [-0.15, -0.1) is 12.4 Å². The number of sulfonamides is 1. The first-order valence-electron chi connectivity index (χ1n) is 6.56. The summed E-state index contributed by atoms with van der Waals surface area (Å²) in [5.74, 6) is -0.340. The van der Waals surface area contributed by atoms with Crippen LogP contribution in [0.3, 0.4) is 0 Å². The zero-order chi connectivity index (χ0) is 15.9. The number of rotatable bonds is 8. The number of halogens is 1. The first-order chi connectivity index (χ1) is 9.85. The van der Waals surface area contributed by atoms with Crippen LogP contribution in [0.2, 0.25) is 0 Å². The van der Waals surface area contributed by atoms with E-state index in [9.17, 15) is 13.2 Å². The van der Waals surface area contributed by atoms with Gasteiger partial charge in [-0.1, -0.05) is 6.07 Å². The highest BCUT2D eigenvalue weighted by Crippen LogP contribution is 2.15. The number of benzene rings is 1. The SMILES string of the molecule is CC(C)OCC(=O)Nc1cccc(S(=O)(=O)NCCN)c1.Cl. The second kappa shape index (κ2) is 9.75. The first kappa shape index (κ1) is 20.8. The number of nitrogens with one attached hydrogen (secondary N) is 2. The third-order valence-corrected chi connectivity index (χ3v) is 3.87. The minimum atomic E-state index is -3.62. The summed E-state index contributed by atoms with van der Waals surface area (Å²) in [5.41, 5.74) is 5.66. The van der Waals surface area contributed by atoms with Crippen LogP contribution in [0.4, 0.5) is 5.69 Å². The lowest BCUT2D eigenvalue weighted by Crippen LogP contribution is -2.29. The van der Waals surface area contributed by atoms with Crippen molar-refractivity contribution < 1.29 is 17.9 Å². The van der Waals surface area contributed by atoms with E-state index in [1.54, 1.807) is 12.1 Å². The lowest BCUT2D eigenvalue weighted by atomic mass is 10.3. The van der Waals surface area contributed by atoms with Crippen molar-refractivity contribution in [1.29, 1.82) is 0 Å². The summed E-state index contributed by atoms with van der Waals surface area (Å²) in [6.45, 7) is 3.93. The van der Waals surface area contributed by atoms with Crippen LogP contribution in [0.1, 0.15) is 13.8 Å². The van der Waals surface area contributed by atoms with Crippen molar-refractivity contribution in [3.8, 4) is 0 Å². The summed E-state index contributed by atoms with van der Waals surface area (Å²) >= 11 is 0. The first-order valence-corrected chi connectivity index (χ1v) is 8.04. The Balaban J connectivity index is 0.00000441. The van der Waals surface area contributed by atoms with Crippen molar-refractivity contribution in [2.24, 2.45) is 5.73 Å². The highest BCUT2D eigenvalue weighted by molar-refractivity contribution is 7.89. The molecule has 0 aliphatic heterocycles. The van der Waals surface area contributed by atoms with Gasteiger partial charge in [-0.05, 0) is 32.0 Å². The molecule has 22 heavy (non-hydrogen) atoms. The molecular formula is C13H22ClN3O4S. The molecule has 0 spiro atoms. The molecule has 1 aromatic rings. The third-order valence-electron chi connectivity index (χ3n) is 2.41. The predicted molar refractivity (Wildman–Crippen MR) is 87.7 cm³/mol. The molecule has 4 N–H and O–H groups in total. The molecule has 0 aromatic heterocycles. The highest BCUT2D eigenvalue weighted by atomic mass is 35.5. The van der Waals surface area contributed by atoms with Gasteiger partial charge in [-0.2, -0.15) is 0 Å². The number of nitrogens with two attached hydrogens (primary N) is 1. The standard InChI is InChI=1S/C13H21N3O4S.ClH/c1-10(2)20-9-13(17)16-11-4-3-5-12(8-11)21(18,19)15-7-6-14;/h3-5,8,10,15H,6-7,9,14H2,1-2H3,(H,16,17);1H. The van der Waals surface area contributed by atoms with E-state index in [1.165, 1.54) is 12.1 Å². The van der Waals surface area contributed by atoms with E-state index in [-0.39, 0.29) is 49.0 Å². The quantitative estimate of drug-likeness (QED) is 0.638. The van der Waals surface area contributed by atoms with Crippen LogP contribution >= 0.6 is 12.4 Å². The zero-order valence-electron chi connectivity index (χ0n) is 12.5. The minimum Gasteiger partial charge on any atom is -0.369 e. The van der Waals surface area contributed by atoms with E-state index >= 15 is 0 Å². The van der Waals surface area contributed by atoms with Gasteiger partial charge in [0.05, 0.1) is 11.0 Å². The maximum atomic E-state index is 11.9. The Morgan fingerprint density at radius 3 is 2.64 bits per heavy atom. The molecule has 0 fully saturated rings. The number of anilines is 1. The van der Waals surface area contributed by atoms with Crippen LogP contribution in [-0.2, 0) is 19.6 Å². The fraction of sp³-hybridized carbons (Fsp3) is 0.462. The van der Waals surface area contributed by atoms with Gasteiger partial charge in [-0.25, -0.2) is 13.1 Å². The number of hydrogen-bond donors (Lipinski definition) is 3. The summed E-state index contributed by atoms with van der Waals surface area (Å²) in [5, 5.41) is 2.59. The Hall–Kier alpha value is -1.19. The summed E-state index contributed by atoms with van der Waals surface area (Å²) in [6.07, 6.45) is -0.0528. The number of carbonyl (C=O) groups excluding carboxylic acids is 1. The molecule has 0 bridgehead atoms. The van der Waals surface area contributed by atoms with Gasteiger partial charge in [0.2, 0.25) is 15.9 Å². The van der Waals surface area contributed by atoms with E-state index in [0.717, 1.165) is 0 Å². The topological polar surface area (TPSA) is 111 Å². The highest BCUT2D eigenvalue weighted by Gasteiger charge is 2.14. The van der Waals surface area contributed by atoms with Crippen LogP contribution in [0.5, 0.6) is 0 Å². The van der Waals surface area contributed by atoms with Crippen LogP contribution in [-0.4, -0.2) is 40.1 Å². The summed E-state index contributed by atoms with van der Waals surface area (Å²) in [4.78, 5) is 11.7. The fourth-order valence-corrected chi connectivity index (χ4v) is 2.55. The molecule has 1 amide bonds. The number of hydrogen-bond acceptors (Lipinski definition) is 5. The Labute approximate surface area is 137 Å². The second-order valence-electron chi connectivity index (χ2n) is 4.62. The molecule has 1 rings (SSSR count). The van der Waals surface area contributed by atoms with Gasteiger partial charge in [0.25, 0.3) is 0 Å². The Morgan fingerprint density at radius 1 is 1.36 bits per heavy atom. The Morgan fingerprint density at radius 2 is 2.05 bits per heavy atom. The van der Waals surface area contributed by atoms with Crippen molar-refractivity contribution >= 4 is 34.0 Å². The molecule has 0 aliphatic rings. The van der Waals surface area contributed by atoms with Crippen molar-refractivity contribution in [3.05, 3.63) is 24.3 Å². The van der Waals surface area contributed by atoms with Gasteiger partial charge < -0.3 is 15.8 Å². The van der Waals surface area contributed by atoms with Crippen LogP contribution in [0.25, 0.3) is 0 Å². The maximum absolute atomic E-state index is 11.9. The largest absolute Gasteiger partial charge is 0.369 e. The van der Waals surface area contributed by atoms with Crippen LogP contribution in [0, 0.1) is 0 Å². The molecule has 0 saturated carbocycles. The molecule has 0 atom stereocenters. The lowest BCUT2D eigenvalue weighted by Gasteiger charge is -2.10. The number of amides is 1. The maximum Gasteiger partial charge on any atom is 0.250 e. The summed E-state index contributed by atoms with van der Waals surface area (Å²) in [6, 6.07) is 5.98. The molecule has 9 heteroatoms. The zero-order valence-corrected chi connectivity index (χ0v) is 14.2. The van der Waals surface area contributed by atoms with Crippen molar-refractivity contribution in [2.75, 3.05) is 25.0 Å². The van der Waals surface area contributed by atoms with Crippen molar-refractivity contribution in [1.82, 2.24) is 4.72 Å². The average molecular weight is 352 g/mol. The predicted octanol–water partition coefficient (Wildman–Crippen LogP) is 0.709. The number of carbonyl (C=O) groups is 1. The average Bonchev–Trinajstić information content (AvgIpc) is 2.43. The third kappa shape index (κ3) is 7.19. The smallest absolute Gasteiger partial charge is 0.250 e. The molecule has 0 unspecified atom stereocenters. The molecule has 0 heterocycles. The molecule has 1 aromatic carbocycles. The molecule has 0 saturated heterocycles. The van der Waals surface area contributed by atoms with Crippen LogP contribution < -0.4 is 15.8 Å². The van der Waals surface area contributed by atoms with E-state index in [1.807, 2.05) is 13.8 Å². The van der Waals surface area contributed by atoms with Gasteiger partial charge >= 0.3 is 0 Å². The lowest BCUT2D eigenvalue weighted by molar-refractivity contribution is -0.121. The molecule has 7 nitrogen and oxygen atoms in total. The van der Waals surface area contributed by atoms with Crippen molar-refractivity contribution in [3.63, 3.8) is 0 Å². The van der Waals surface area contributed by atoms with Crippen LogP contribution in [0.15, 0.2) is 29.2 Å². The van der Waals surface area contributed by atoms with Gasteiger partial charge in [0.1, 0.15) is 6.61 Å². The van der Waals surface area contributed by atoms with E-state index in [4.69, 9.17) is 10.5 Å². The Bertz CT molecular complexity index is 578. The fourth-order valence-electron chi connectivity index (χ4n) is 1.46. The number of ether oxygens (including phenoxy) is 1. The minimum absolute atomic E-state index is 0. The monoisotopic (exact) mass is 351 g/mol. The molecule has 0 radical (unpaired) electrons. The Kier molecular flexibility index (Phi) is 9.22. The van der Waals surface area contributed by atoms with E-state index in [0.29, 0.717) is 5.69 Å². The van der Waals surface area contributed by atoms with E-state index < -0.39 is 10.0 Å². The molecule has 126 valence electrons.